The summed E-state index contributed by atoms with van der Waals surface area (Å²) in [5.74, 6) is 0.171. The fourth-order valence-corrected chi connectivity index (χ4v) is 3.78. The monoisotopic (exact) mass is 433 g/mol. The summed E-state index contributed by atoms with van der Waals surface area (Å²) in [7, 11) is 3.02. The summed E-state index contributed by atoms with van der Waals surface area (Å²) in [4.78, 5) is 36.8. The number of urea groups is 1. The summed E-state index contributed by atoms with van der Waals surface area (Å²) in [6.45, 7) is 4.87. The lowest BCUT2D eigenvalue weighted by atomic mass is 10.1. The molecule has 2 N–H and O–H groups in total. The molecule has 30 heavy (non-hydrogen) atoms. The van der Waals surface area contributed by atoms with Crippen molar-refractivity contribution in [2.45, 2.75) is 20.8 Å². The average molecular weight is 433 g/mol. The Morgan fingerprint density at radius 3 is 2.53 bits per heavy atom. The van der Waals surface area contributed by atoms with Crippen molar-refractivity contribution in [3.8, 4) is 11.5 Å². The van der Waals surface area contributed by atoms with Gasteiger partial charge in [-0.1, -0.05) is 6.07 Å². The SMILES string of the molecule is CCOC(=O)c1c(NC(=O)N/N=C/c2cccc(OC)c2OC)sc(C(C)=O)c1C. The molecule has 0 atom stereocenters. The Hall–Kier alpha value is -3.40. The van der Waals surface area contributed by atoms with Gasteiger partial charge in [0, 0.05) is 5.56 Å². The van der Waals surface area contributed by atoms with Gasteiger partial charge < -0.3 is 14.2 Å². The number of thiophene rings is 1. The van der Waals surface area contributed by atoms with Crippen LogP contribution in [0, 0.1) is 6.92 Å². The lowest BCUT2D eigenvalue weighted by Gasteiger charge is -2.09. The summed E-state index contributed by atoms with van der Waals surface area (Å²) in [6, 6.07) is 4.55. The van der Waals surface area contributed by atoms with Gasteiger partial charge in [0.05, 0.1) is 37.5 Å². The molecule has 2 rings (SSSR count). The minimum absolute atomic E-state index is 0.153. The predicted octanol–water partition coefficient (Wildman–Crippen LogP) is 3.61. The van der Waals surface area contributed by atoms with Gasteiger partial charge in [0.2, 0.25) is 0 Å². The minimum Gasteiger partial charge on any atom is -0.493 e. The number of nitrogens with one attached hydrogen (secondary N) is 2. The van der Waals surface area contributed by atoms with E-state index >= 15 is 0 Å². The smallest absolute Gasteiger partial charge is 0.341 e. The predicted molar refractivity (Wildman–Crippen MR) is 114 cm³/mol. The maximum absolute atomic E-state index is 12.3. The van der Waals surface area contributed by atoms with E-state index in [-0.39, 0.29) is 23.0 Å². The van der Waals surface area contributed by atoms with Crippen LogP contribution in [0.5, 0.6) is 11.5 Å². The molecule has 0 unspecified atom stereocenters. The summed E-state index contributed by atoms with van der Waals surface area (Å²) in [5.41, 5.74) is 3.53. The average Bonchev–Trinajstić information content (AvgIpc) is 3.03. The van der Waals surface area contributed by atoms with Crippen LogP contribution in [0.3, 0.4) is 0 Å². The normalized spacial score (nSPS) is 10.6. The van der Waals surface area contributed by atoms with Crippen LogP contribution in [-0.4, -0.2) is 44.8 Å². The molecule has 0 saturated heterocycles. The number of nitrogens with zero attached hydrogens (tertiary/aromatic N) is 1. The van der Waals surface area contributed by atoms with Crippen LogP contribution in [0.1, 0.15) is 45.0 Å². The number of anilines is 1. The summed E-state index contributed by atoms with van der Waals surface area (Å²) < 4.78 is 15.6. The molecular formula is C20H23N3O6S. The quantitative estimate of drug-likeness (QED) is 0.284. The van der Waals surface area contributed by atoms with E-state index in [0.717, 1.165) is 11.3 Å². The van der Waals surface area contributed by atoms with Crippen LogP contribution >= 0.6 is 11.3 Å². The third kappa shape index (κ3) is 5.15. The number of ketones is 1. The Labute approximate surface area is 178 Å². The molecule has 0 aliphatic rings. The van der Waals surface area contributed by atoms with E-state index in [9.17, 15) is 14.4 Å². The third-order valence-electron chi connectivity index (χ3n) is 3.98. The van der Waals surface area contributed by atoms with Gasteiger partial charge in [0.1, 0.15) is 5.00 Å². The number of carbonyl (C=O) groups is 3. The molecular weight excluding hydrogens is 410 g/mol. The number of hydrogen-bond donors (Lipinski definition) is 2. The molecule has 0 bridgehead atoms. The first-order chi connectivity index (χ1) is 14.3. The van der Waals surface area contributed by atoms with E-state index in [1.54, 1.807) is 32.0 Å². The highest BCUT2D eigenvalue weighted by atomic mass is 32.1. The van der Waals surface area contributed by atoms with Crippen molar-refractivity contribution in [2.24, 2.45) is 5.10 Å². The van der Waals surface area contributed by atoms with Crippen LogP contribution in [-0.2, 0) is 4.74 Å². The molecule has 160 valence electrons. The fourth-order valence-electron chi connectivity index (χ4n) is 2.69. The molecule has 1 aromatic heterocycles. The number of para-hydroxylation sites is 1. The van der Waals surface area contributed by atoms with Gasteiger partial charge in [0.25, 0.3) is 0 Å². The zero-order valence-corrected chi connectivity index (χ0v) is 18.1. The first-order valence-electron chi connectivity index (χ1n) is 8.96. The van der Waals surface area contributed by atoms with Gasteiger partial charge >= 0.3 is 12.0 Å². The third-order valence-corrected chi connectivity index (χ3v) is 5.28. The van der Waals surface area contributed by atoms with Crippen molar-refractivity contribution in [3.63, 3.8) is 0 Å². The zero-order chi connectivity index (χ0) is 22.3. The van der Waals surface area contributed by atoms with Crippen LogP contribution in [0.4, 0.5) is 9.80 Å². The second-order valence-corrected chi connectivity index (χ2v) is 6.96. The molecule has 1 aromatic carbocycles. The highest BCUT2D eigenvalue weighted by Gasteiger charge is 2.25. The largest absolute Gasteiger partial charge is 0.493 e. The Balaban J connectivity index is 2.19. The second kappa shape index (κ2) is 10.4. The van der Waals surface area contributed by atoms with E-state index in [0.29, 0.717) is 27.5 Å². The van der Waals surface area contributed by atoms with Gasteiger partial charge in [-0.25, -0.2) is 15.0 Å². The molecule has 0 radical (unpaired) electrons. The number of methoxy groups -OCH3 is 2. The Morgan fingerprint density at radius 1 is 1.20 bits per heavy atom. The lowest BCUT2D eigenvalue weighted by molar-refractivity contribution is 0.0527. The summed E-state index contributed by atoms with van der Waals surface area (Å²) in [5, 5.41) is 6.66. The van der Waals surface area contributed by atoms with E-state index in [2.05, 4.69) is 15.8 Å². The van der Waals surface area contributed by atoms with Gasteiger partial charge in [0.15, 0.2) is 17.3 Å². The van der Waals surface area contributed by atoms with Crippen LogP contribution in [0.2, 0.25) is 0 Å². The molecule has 10 heteroatoms. The number of carbonyl (C=O) groups excluding carboxylic acids is 3. The number of ether oxygens (including phenoxy) is 3. The summed E-state index contributed by atoms with van der Waals surface area (Å²) >= 11 is 1.01. The molecule has 0 spiro atoms. The molecule has 0 saturated carbocycles. The zero-order valence-electron chi connectivity index (χ0n) is 17.3. The van der Waals surface area contributed by atoms with Gasteiger partial charge in [-0.3, -0.25) is 10.1 Å². The van der Waals surface area contributed by atoms with E-state index < -0.39 is 12.0 Å². The number of hydrogen-bond acceptors (Lipinski definition) is 8. The number of amides is 2. The lowest BCUT2D eigenvalue weighted by Crippen LogP contribution is -2.25. The van der Waals surface area contributed by atoms with Crippen molar-refractivity contribution in [3.05, 3.63) is 39.8 Å². The van der Waals surface area contributed by atoms with Crippen molar-refractivity contribution >= 4 is 40.3 Å². The van der Waals surface area contributed by atoms with Crippen molar-refractivity contribution in [2.75, 3.05) is 26.1 Å². The number of Topliss-reactive ketones (excluding diaryl/α,β-unsaturated/α-hetero) is 1. The van der Waals surface area contributed by atoms with Gasteiger partial charge in [-0.15, -0.1) is 11.3 Å². The van der Waals surface area contributed by atoms with E-state index in [1.165, 1.54) is 27.4 Å². The number of esters is 1. The Kier molecular flexibility index (Phi) is 7.93. The first-order valence-corrected chi connectivity index (χ1v) is 9.78. The maximum atomic E-state index is 12.3. The Morgan fingerprint density at radius 2 is 1.93 bits per heavy atom. The molecule has 2 amide bonds. The van der Waals surface area contributed by atoms with E-state index in [4.69, 9.17) is 14.2 Å². The van der Waals surface area contributed by atoms with Crippen molar-refractivity contribution in [1.29, 1.82) is 0 Å². The van der Waals surface area contributed by atoms with Crippen molar-refractivity contribution in [1.82, 2.24) is 5.43 Å². The number of benzene rings is 1. The van der Waals surface area contributed by atoms with Crippen LogP contribution in [0.15, 0.2) is 23.3 Å². The topological polar surface area (TPSA) is 115 Å². The molecule has 0 aliphatic carbocycles. The van der Waals surface area contributed by atoms with Crippen LogP contribution < -0.4 is 20.2 Å². The number of hydrazone groups is 1. The van der Waals surface area contributed by atoms with Crippen LogP contribution in [0.25, 0.3) is 0 Å². The van der Waals surface area contributed by atoms with E-state index in [1.807, 2.05) is 0 Å². The Bertz CT molecular complexity index is 983. The molecule has 9 nitrogen and oxygen atoms in total. The second-order valence-electron chi connectivity index (χ2n) is 5.94. The molecule has 0 aliphatic heterocycles. The fraction of sp³-hybridized carbons (Fsp3) is 0.300. The number of rotatable bonds is 8. The standard InChI is InChI=1S/C20H23N3O6S/c1-6-29-19(25)15-11(2)17(12(3)24)30-18(15)22-20(26)23-21-10-13-8-7-9-14(27-4)16(13)28-5/h7-10H,6H2,1-5H3,(H2,22,23,26)/b21-10+. The first kappa shape index (κ1) is 22.9. The van der Waals surface area contributed by atoms with Gasteiger partial charge in [-0.2, -0.15) is 5.10 Å². The maximum Gasteiger partial charge on any atom is 0.341 e. The highest BCUT2D eigenvalue weighted by Crippen LogP contribution is 2.34. The minimum atomic E-state index is -0.685. The molecule has 0 fully saturated rings. The summed E-state index contributed by atoms with van der Waals surface area (Å²) in [6.07, 6.45) is 1.40. The highest BCUT2D eigenvalue weighted by molar-refractivity contribution is 7.18. The molecule has 1 heterocycles. The van der Waals surface area contributed by atoms with Gasteiger partial charge in [-0.05, 0) is 38.5 Å². The molecule has 2 aromatic rings. The van der Waals surface area contributed by atoms with Crippen molar-refractivity contribution < 1.29 is 28.6 Å².